The van der Waals surface area contributed by atoms with E-state index in [2.05, 4.69) is 36.1 Å². The molecule has 1 aliphatic heterocycles. The predicted molar refractivity (Wildman–Crippen MR) is 119 cm³/mol. The third kappa shape index (κ3) is 5.14. The zero-order valence-electron chi connectivity index (χ0n) is 17.6. The van der Waals surface area contributed by atoms with Gasteiger partial charge in [-0.15, -0.1) is 0 Å². The molecule has 1 atom stereocenters. The van der Waals surface area contributed by atoms with E-state index in [-0.39, 0.29) is 11.4 Å². The fourth-order valence-corrected chi connectivity index (χ4v) is 4.46. The molecule has 1 aromatic carbocycles. The van der Waals surface area contributed by atoms with Crippen molar-refractivity contribution in [1.82, 2.24) is 20.0 Å². The Balaban J connectivity index is 1.69. The van der Waals surface area contributed by atoms with E-state index < -0.39 is 0 Å². The molecule has 1 fully saturated rings. The third-order valence-electron chi connectivity index (χ3n) is 5.77. The molecule has 0 bridgehead atoms. The van der Waals surface area contributed by atoms with Gasteiger partial charge >= 0.3 is 0 Å². The summed E-state index contributed by atoms with van der Waals surface area (Å²) in [5.41, 5.74) is 1.84. The highest BCUT2D eigenvalue weighted by Gasteiger charge is 2.31. The number of rotatable bonds is 6. The van der Waals surface area contributed by atoms with Crippen LogP contribution in [-0.4, -0.2) is 45.8 Å². The van der Waals surface area contributed by atoms with Crippen molar-refractivity contribution in [3.05, 3.63) is 51.3 Å². The molecule has 1 aromatic heterocycles. The molecule has 0 spiro atoms. The molecule has 7 heteroatoms. The van der Waals surface area contributed by atoms with Crippen LogP contribution in [0.5, 0.6) is 0 Å². The van der Waals surface area contributed by atoms with Gasteiger partial charge in [0.05, 0.1) is 17.8 Å². The van der Waals surface area contributed by atoms with Gasteiger partial charge in [-0.05, 0) is 57.7 Å². The van der Waals surface area contributed by atoms with E-state index in [1.807, 2.05) is 24.3 Å². The maximum Gasteiger partial charge on any atom is 0.256 e. The first-order valence-electron chi connectivity index (χ1n) is 10.2. The molecule has 0 aliphatic carbocycles. The van der Waals surface area contributed by atoms with E-state index >= 15 is 0 Å². The normalized spacial score (nSPS) is 18.1. The van der Waals surface area contributed by atoms with Crippen LogP contribution in [0.4, 0.5) is 0 Å². The standard InChI is InChI=1S/C22H30Cl2N4O/c1-15-8-7-11-27(12-15)22(3,4)14-25-21(29)19-16(2)26-28(20(19)24)13-17-9-5-6-10-18(17)23/h5-6,9-10,15H,7-8,11-14H2,1-4H3,(H,25,29). The molecular formula is C22H30Cl2N4O. The van der Waals surface area contributed by atoms with Gasteiger partial charge in [0.2, 0.25) is 0 Å². The first-order chi connectivity index (χ1) is 13.7. The van der Waals surface area contributed by atoms with Crippen molar-refractivity contribution >= 4 is 29.1 Å². The quantitative estimate of drug-likeness (QED) is 0.707. The van der Waals surface area contributed by atoms with Crippen LogP contribution in [-0.2, 0) is 6.54 Å². The van der Waals surface area contributed by atoms with E-state index in [1.54, 1.807) is 11.6 Å². The van der Waals surface area contributed by atoms with Gasteiger partial charge in [-0.25, -0.2) is 4.68 Å². The number of nitrogens with zero attached hydrogens (tertiary/aromatic N) is 3. The molecule has 1 amide bonds. The number of carbonyl (C=O) groups excluding carboxylic acids is 1. The fraction of sp³-hybridized carbons (Fsp3) is 0.545. The zero-order valence-corrected chi connectivity index (χ0v) is 19.1. The lowest BCUT2D eigenvalue weighted by Crippen LogP contribution is -2.54. The van der Waals surface area contributed by atoms with E-state index in [9.17, 15) is 4.79 Å². The number of halogens is 2. The molecular weight excluding hydrogens is 407 g/mol. The summed E-state index contributed by atoms with van der Waals surface area (Å²) in [7, 11) is 0. The van der Waals surface area contributed by atoms with Gasteiger partial charge < -0.3 is 5.32 Å². The van der Waals surface area contributed by atoms with Gasteiger partial charge in [0, 0.05) is 23.7 Å². The first kappa shape index (κ1) is 22.1. The predicted octanol–water partition coefficient (Wildman–Crippen LogP) is 4.79. The number of likely N-dealkylation sites (tertiary alicyclic amines) is 1. The number of nitrogens with one attached hydrogen (secondary N) is 1. The smallest absolute Gasteiger partial charge is 0.256 e. The summed E-state index contributed by atoms with van der Waals surface area (Å²) < 4.78 is 1.63. The van der Waals surface area contributed by atoms with Crippen molar-refractivity contribution in [1.29, 1.82) is 0 Å². The van der Waals surface area contributed by atoms with Gasteiger partial charge in [-0.3, -0.25) is 9.69 Å². The SMILES string of the molecule is Cc1nn(Cc2ccccc2Cl)c(Cl)c1C(=O)NCC(C)(C)N1CCCC(C)C1. The van der Waals surface area contributed by atoms with Gasteiger partial charge in [0.15, 0.2) is 0 Å². The maximum atomic E-state index is 12.9. The van der Waals surface area contributed by atoms with Crippen LogP contribution >= 0.6 is 23.2 Å². The Morgan fingerprint density at radius 2 is 2.03 bits per heavy atom. The van der Waals surface area contributed by atoms with E-state index in [0.29, 0.717) is 40.4 Å². The Bertz CT molecular complexity index is 878. The van der Waals surface area contributed by atoms with Crippen molar-refractivity contribution in [2.45, 2.75) is 52.6 Å². The van der Waals surface area contributed by atoms with Crippen molar-refractivity contribution in [3.8, 4) is 0 Å². The van der Waals surface area contributed by atoms with Crippen LogP contribution in [0.3, 0.4) is 0 Å². The third-order valence-corrected chi connectivity index (χ3v) is 6.52. The largest absolute Gasteiger partial charge is 0.350 e. The van der Waals surface area contributed by atoms with Crippen LogP contribution in [0.1, 0.15) is 55.2 Å². The summed E-state index contributed by atoms with van der Waals surface area (Å²) in [5.74, 6) is 0.509. The van der Waals surface area contributed by atoms with Crippen molar-refractivity contribution in [2.24, 2.45) is 5.92 Å². The zero-order chi connectivity index (χ0) is 21.2. The highest BCUT2D eigenvalue weighted by atomic mass is 35.5. The van der Waals surface area contributed by atoms with Gasteiger partial charge in [0.25, 0.3) is 5.91 Å². The first-order valence-corrected chi connectivity index (χ1v) is 10.9. The molecule has 1 aliphatic rings. The number of carbonyl (C=O) groups is 1. The number of aromatic nitrogens is 2. The number of amides is 1. The summed E-state index contributed by atoms with van der Waals surface area (Å²) >= 11 is 12.8. The summed E-state index contributed by atoms with van der Waals surface area (Å²) in [6.07, 6.45) is 2.48. The molecule has 2 heterocycles. The van der Waals surface area contributed by atoms with Crippen molar-refractivity contribution < 1.29 is 4.79 Å². The maximum absolute atomic E-state index is 12.9. The molecule has 2 aromatic rings. The molecule has 1 unspecified atom stereocenters. The van der Waals surface area contributed by atoms with Crippen LogP contribution in [0.2, 0.25) is 10.2 Å². The van der Waals surface area contributed by atoms with Crippen LogP contribution < -0.4 is 5.32 Å². The second-order valence-electron chi connectivity index (χ2n) is 8.69. The average molecular weight is 437 g/mol. The van der Waals surface area contributed by atoms with E-state index in [0.717, 1.165) is 18.7 Å². The Labute approximate surface area is 183 Å². The van der Waals surface area contributed by atoms with Gasteiger partial charge in [-0.1, -0.05) is 48.3 Å². The number of aryl methyl sites for hydroxylation is 1. The van der Waals surface area contributed by atoms with Gasteiger partial charge in [-0.2, -0.15) is 5.10 Å². The fourth-order valence-electron chi connectivity index (χ4n) is 3.94. The highest BCUT2D eigenvalue weighted by Crippen LogP contribution is 2.25. The van der Waals surface area contributed by atoms with Crippen molar-refractivity contribution in [3.63, 3.8) is 0 Å². The van der Waals surface area contributed by atoms with Crippen LogP contribution in [0.15, 0.2) is 24.3 Å². The number of hydrogen-bond donors (Lipinski definition) is 1. The second kappa shape index (κ2) is 9.07. The summed E-state index contributed by atoms with van der Waals surface area (Å²) in [6, 6.07) is 7.56. The summed E-state index contributed by atoms with van der Waals surface area (Å²) in [6.45, 7) is 11.6. The highest BCUT2D eigenvalue weighted by molar-refractivity contribution is 6.33. The lowest BCUT2D eigenvalue weighted by Gasteiger charge is -2.43. The molecule has 29 heavy (non-hydrogen) atoms. The molecule has 5 nitrogen and oxygen atoms in total. The van der Waals surface area contributed by atoms with Crippen molar-refractivity contribution in [2.75, 3.05) is 19.6 Å². The Morgan fingerprint density at radius 3 is 2.72 bits per heavy atom. The van der Waals surface area contributed by atoms with Crippen LogP contribution in [0.25, 0.3) is 0 Å². The van der Waals surface area contributed by atoms with Gasteiger partial charge in [0.1, 0.15) is 5.15 Å². The minimum Gasteiger partial charge on any atom is -0.350 e. The molecule has 1 N–H and O–H groups in total. The summed E-state index contributed by atoms with van der Waals surface area (Å²) in [4.78, 5) is 15.4. The molecule has 0 saturated carbocycles. The second-order valence-corrected chi connectivity index (χ2v) is 9.45. The molecule has 3 rings (SSSR count). The lowest BCUT2D eigenvalue weighted by molar-refractivity contribution is 0.0657. The van der Waals surface area contributed by atoms with E-state index in [1.165, 1.54) is 12.8 Å². The van der Waals surface area contributed by atoms with Crippen LogP contribution in [0, 0.1) is 12.8 Å². The molecule has 1 saturated heterocycles. The minimum atomic E-state index is -0.184. The Hall–Kier alpha value is -1.56. The lowest BCUT2D eigenvalue weighted by atomic mass is 9.93. The Kier molecular flexibility index (Phi) is 6.92. The number of hydrogen-bond acceptors (Lipinski definition) is 3. The number of benzene rings is 1. The summed E-state index contributed by atoms with van der Waals surface area (Å²) in [5, 5.41) is 8.53. The molecule has 158 valence electrons. The molecule has 0 radical (unpaired) electrons. The number of piperidine rings is 1. The monoisotopic (exact) mass is 436 g/mol. The average Bonchev–Trinajstić information content (AvgIpc) is 2.95. The minimum absolute atomic E-state index is 0.113. The topological polar surface area (TPSA) is 50.2 Å². The van der Waals surface area contributed by atoms with E-state index in [4.69, 9.17) is 23.2 Å². The Morgan fingerprint density at radius 1 is 1.31 bits per heavy atom.